The van der Waals surface area contributed by atoms with Crippen molar-refractivity contribution in [2.24, 2.45) is 0 Å². The first-order valence-corrected chi connectivity index (χ1v) is 9.69. The monoisotopic (exact) mass is 356 g/mol. The number of ether oxygens (including phenoxy) is 1. The zero-order valence-electron chi connectivity index (χ0n) is 15.8. The quantitative estimate of drug-likeness (QED) is 0.845. The summed E-state index contributed by atoms with van der Waals surface area (Å²) in [6.07, 6.45) is 4.91. The lowest BCUT2D eigenvalue weighted by Gasteiger charge is -2.35. The Bertz CT molecular complexity index is 784. The van der Waals surface area contributed by atoms with Crippen molar-refractivity contribution in [3.05, 3.63) is 35.1 Å². The van der Waals surface area contributed by atoms with Gasteiger partial charge in [0.2, 0.25) is 5.91 Å². The van der Waals surface area contributed by atoms with Crippen LogP contribution in [0.2, 0.25) is 0 Å². The van der Waals surface area contributed by atoms with Gasteiger partial charge in [0.25, 0.3) is 0 Å². The maximum Gasteiger partial charge on any atom is 0.227 e. The second-order valence-electron chi connectivity index (χ2n) is 7.69. The molecule has 5 heteroatoms. The number of hydrogen-bond acceptors (Lipinski definition) is 4. The molecule has 5 nitrogen and oxygen atoms in total. The minimum atomic E-state index is 0.197. The molecule has 4 rings (SSSR count). The van der Waals surface area contributed by atoms with Crippen LogP contribution in [-0.4, -0.2) is 61.1 Å². The number of fused-ring (bicyclic) bond motifs is 1. The van der Waals surface area contributed by atoms with Crippen LogP contribution in [0.1, 0.15) is 29.5 Å². The van der Waals surface area contributed by atoms with Crippen LogP contribution >= 0.6 is 0 Å². The lowest BCUT2D eigenvalue weighted by atomic mass is 10.0. The zero-order valence-corrected chi connectivity index (χ0v) is 15.8. The van der Waals surface area contributed by atoms with E-state index in [-0.39, 0.29) is 5.91 Å². The van der Waals surface area contributed by atoms with E-state index < -0.39 is 0 Å². The molecule has 2 aromatic rings. The van der Waals surface area contributed by atoms with Crippen LogP contribution < -0.4 is 0 Å². The molecule has 2 saturated heterocycles. The second-order valence-corrected chi connectivity index (χ2v) is 7.69. The first-order valence-electron chi connectivity index (χ1n) is 9.69. The molecule has 2 aliphatic heterocycles. The van der Waals surface area contributed by atoms with Gasteiger partial charge in [0.15, 0.2) is 0 Å². The molecular formula is C21H28N2O3. The molecule has 1 atom stereocenters. The van der Waals surface area contributed by atoms with Crippen molar-refractivity contribution in [3.63, 3.8) is 0 Å². The van der Waals surface area contributed by atoms with E-state index in [2.05, 4.69) is 30.9 Å². The zero-order chi connectivity index (χ0) is 18.1. The third-order valence-electron chi connectivity index (χ3n) is 5.82. The second kappa shape index (κ2) is 7.41. The molecule has 140 valence electrons. The van der Waals surface area contributed by atoms with Gasteiger partial charge in [-0.25, -0.2) is 0 Å². The maximum atomic E-state index is 12.8. The van der Waals surface area contributed by atoms with E-state index >= 15 is 0 Å². The number of carbonyl (C=O) groups excluding carboxylic acids is 1. The standard InChI is InChI=1S/C21H28N2O3/c1-15-10-19-17(14-26-20(19)11-16(15)2)12-21(24)23-7-5-22(6-8-23)13-18-4-3-9-25-18/h10-11,14,18H,3-9,12-13H2,1-2H3. The van der Waals surface area contributed by atoms with Crippen molar-refractivity contribution in [3.8, 4) is 0 Å². The number of aryl methyl sites for hydroxylation is 2. The molecule has 0 bridgehead atoms. The molecule has 0 N–H and O–H groups in total. The smallest absolute Gasteiger partial charge is 0.227 e. The Balaban J connectivity index is 1.35. The number of nitrogens with zero attached hydrogens (tertiary/aromatic N) is 2. The van der Waals surface area contributed by atoms with Crippen molar-refractivity contribution in [1.82, 2.24) is 9.80 Å². The van der Waals surface area contributed by atoms with Crippen molar-refractivity contribution >= 4 is 16.9 Å². The van der Waals surface area contributed by atoms with Crippen LogP contribution in [0.4, 0.5) is 0 Å². The van der Waals surface area contributed by atoms with E-state index in [1.807, 2.05) is 4.90 Å². The molecule has 0 radical (unpaired) electrons. The summed E-state index contributed by atoms with van der Waals surface area (Å²) in [5.74, 6) is 0.197. The summed E-state index contributed by atoms with van der Waals surface area (Å²) in [6.45, 7) is 9.58. The number of rotatable bonds is 4. The molecule has 1 amide bonds. The summed E-state index contributed by atoms with van der Waals surface area (Å²) in [7, 11) is 0. The van der Waals surface area contributed by atoms with Crippen LogP contribution in [0.3, 0.4) is 0 Å². The van der Waals surface area contributed by atoms with Gasteiger partial charge in [0.1, 0.15) is 5.58 Å². The molecule has 1 aromatic heterocycles. The van der Waals surface area contributed by atoms with E-state index in [9.17, 15) is 4.79 Å². The fourth-order valence-corrected chi connectivity index (χ4v) is 4.00. The SMILES string of the molecule is Cc1cc2occ(CC(=O)N3CCN(CC4CCCO4)CC3)c2cc1C. The van der Waals surface area contributed by atoms with Crippen LogP contribution in [0.5, 0.6) is 0 Å². The van der Waals surface area contributed by atoms with Crippen molar-refractivity contribution in [1.29, 1.82) is 0 Å². The van der Waals surface area contributed by atoms with E-state index in [1.54, 1.807) is 6.26 Å². The Kier molecular flexibility index (Phi) is 5.00. The molecule has 0 spiro atoms. The molecule has 1 unspecified atom stereocenters. The fourth-order valence-electron chi connectivity index (χ4n) is 4.00. The van der Waals surface area contributed by atoms with Gasteiger partial charge in [-0.05, 0) is 49.9 Å². The number of piperazine rings is 1. The Hall–Kier alpha value is -1.85. The fraction of sp³-hybridized carbons (Fsp3) is 0.571. The topological polar surface area (TPSA) is 45.9 Å². The molecule has 0 aliphatic carbocycles. The van der Waals surface area contributed by atoms with Gasteiger partial charge in [-0.1, -0.05) is 0 Å². The van der Waals surface area contributed by atoms with Gasteiger partial charge in [-0.15, -0.1) is 0 Å². The lowest BCUT2D eigenvalue weighted by Crippen LogP contribution is -2.50. The minimum Gasteiger partial charge on any atom is -0.464 e. The normalized spacial score (nSPS) is 21.6. The van der Waals surface area contributed by atoms with Crippen molar-refractivity contribution < 1.29 is 13.9 Å². The highest BCUT2D eigenvalue weighted by Crippen LogP contribution is 2.25. The number of amides is 1. The average Bonchev–Trinajstić information content (AvgIpc) is 3.27. The van der Waals surface area contributed by atoms with Crippen molar-refractivity contribution in [2.45, 2.75) is 39.2 Å². The van der Waals surface area contributed by atoms with Gasteiger partial charge in [-0.2, -0.15) is 0 Å². The molecule has 2 aliphatic rings. The summed E-state index contributed by atoms with van der Waals surface area (Å²) in [6, 6.07) is 4.19. The lowest BCUT2D eigenvalue weighted by molar-refractivity contribution is -0.132. The predicted molar refractivity (Wildman–Crippen MR) is 101 cm³/mol. The maximum absolute atomic E-state index is 12.8. The summed E-state index contributed by atoms with van der Waals surface area (Å²) in [5, 5.41) is 1.07. The van der Waals surface area contributed by atoms with Gasteiger partial charge in [0, 0.05) is 50.3 Å². The number of benzene rings is 1. The van der Waals surface area contributed by atoms with Crippen LogP contribution in [0.15, 0.2) is 22.8 Å². The highest BCUT2D eigenvalue weighted by atomic mass is 16.5. The largest absolute Gasteiger partial charge is 0.464 e. The molecule has 26 heavy (non-hydrogen) atoms. The van der Waals surface area contributed by atoms with E-state index in [0.29, 0.717) is 12.5 Å². The number of hydrogen-bond donors (Lipinski definition) is 0. The number of carbonyl (C=O) groups is 1. The summed E-state index contributed by atoms with van der Waals surface area (Å²) < 4.78 is 11.4. The van der Waals surface area contributed by atoms with E-state index in [1.165, 1.54) is 24.0 Å². The summed E-state index contributed by atoms with van der Waals surface area (Å²) in [4.78, 5) is 17.2. The van der Waals surface area contributed by atoms with Crippen molar-refractivity contribution in [2.75, 3.05) is 39.3 Å². The molecule has 3 heterocycles. The van der Waals surface area contributed by atoms with Gasteiger partial charge >= 0.3 is 0 Å². The Morgan fingerprint density at radius 3 is 2.65 bits per heavy atom. The third kappa shape index (κ3) is 3.64. The minimum absolute atomic E-state index is 0.197. The van der Waals surface area contributed by atoms with E-state index in [0.717, 1.165) is 55.9 Å². The van der Waals surface area contributed by atoms with Gasteiger partial charge < -0.3 is 14.1 Å². The average molecular weight is 356 g/mol. The molecule has 2 fully saturated rings. The molecule has 0 saturated carbocycles. The van der Waals surface area contributed by atoms with Gasteiger partial charge in [-0.3, -0.25) is 9.69 Å². The number of furan rings is 1. The van der Waals surface area contributed by atoms with Crippen LogP contribution in [0.25, 0.3) is 11.0 Å². The predicted octanol–water partition coefficient (Wildman–Crippen LogP) is 2.92. The highest BCUT2D eigenvalue weighted by Gasteiger charge is 2.25. The summed E-state index contributed by atoms with van der Waals surface area (Å²) >= 11 is 0. The van der Waals surface area contributed by atoms with Crippen LogP contribution in [0, 0.1) is 13.8 Å². The first kappa shape index (κ1) is 17.6. The Morgan fingerprint density at radius 1 is 1.15 bits per heavy atom. The van der Waals surface area contributed by atoms with Gasteiger partial charge in [0.05, 0.1) is 18.8 Å². The first-order chi connectivity index (χ1) is 12.6. The van der Waals surface area contributed by atoms with E-state index in [4.69, 9.17) is 9.15 Å². The Morgan fingerprint density at radius 2 is 1.92 bits per heavy atom. The third-order valence-corrected chi connectivity index (χ3v) is 5.82. The summed E-state index contributed by atoms with van der Waals surface area (Å²) in [5.41, 5.74) is 4.31. The Labute approximate surface area is 154 Å². The molecule has 1 aromatic carbocycles. The molecular weight excluding hydrogens is 328 g/mol. The highest BCUT2D eigenvalue weighted by molar-refractivity contribution is 5.88. The van der Waals surface area contributed by atoms with Crippen LogP contribution in [-0.2, 0) is 16.0 Å².